The third-order valence-corrected chi connectivity index (χ3v) is 3.16. The molecule has 4 nitrogen and oxygen atoms in total. The third kappa shape index (κ3) is 5.43. The summed E-state index contributed by atoms with van der Waals surface area (Å²) in [6.07, 6.45) is 0.977. The number of aliphatic carboxylic acids is 1. The number of carboxylic acid groups (broad SMARTS) is 1. The smallest absolute Gasteiger partial charge is 0.305 e. The molecule has 1 aromatic carbocycles. The summed E-state index contributed by atoms with van der Waals surface area (Å²) in [5.74, 6) is -0.701. The van der Waals surface area contributed by atoms with Crippen molar-refractivity contribution in [3.63, 3.8) is 0 Å². The highest BCUT2D eigenvalue weighted by Gasteiger charge is 2.15. The second-order valence-corrected chi connectivity index (χ2v) is 5.50. The van der Waals surface area contributed by atoms with Gasteiger partial charge in [0.15, 0.2) is 0 Å². The summed E-state index contributed by atoms with van der Waals surface area (Å²) in [6, 6.07) is 8.05. The first-order valence-electron chi connectivity index (χ1n) is 6.98. The van der Waals surface area contributed by atoms with Crippen molar-refractivity contribution in [2.45, 2.75) is 39.5 Å². The second-order valence-electron chi connectivity index (χ2n) is 5.50. The highest BCUT2D eigenvalue weighted by molar-refractivity contribution is 5.83. The van der Waals surface area contributed by atoms with Gasteiger partial charge in [0, 0.05) is 6.54 Å². The van der Waals surface area contributed by atoms with Crippen molar-refractivity contribution in [3.05, 3.63) is 35.4 Å². The molecule has 0 aromatic heterocycles. The van der Waals surface area contributed by atoms with E-state index in [9.17, 15) is 9.59 Å². The molecule has 0 unspecified atom stereocenters. The van der Waals surface area contributed by atoms with Gasteiger partial charge in [-0.3, -0.25) is 9.59 Å². The van der Waals surface area contributed by atoms with Crippen LogP contribution in [0.4, 0.5) is 0 Å². The van der Waals surface area contributed by atoms with E-state index in [1.54, 1.807) is 0 Å². The molecule has 1 rings (SSSR count). The van der Waals surface area contributed by atoms with E-state index in [2.05, 4.69) is 31.3 Å². The lowest BCUT2D eigenvalue weighted by molar-refractivity contribution is -0.136. The van der Waals surface area contributed by atoms with Gasteiger partial charge in [0.1, 0.15) is 0 Å². The Bertz CT molecular complexity index is 451. The highest BCUT2D eigenvalue weighted by atomic mass is 16.4. The topological polar surface area (TPSA) is 66.4 Å². The van der Waals surface area contributed by atoms with Crippen LogP contribution in [0.25, 0.3) is 0 Å². The van der Waals surface area contributed by atoms with Gasteiger partial charge in [-0.05, 0) is 30.4 Å². The lowest BCUT2D eigenvalue weighted by Crippen LogP contribution is -2.29. The number of amides is 1. The van der Waals surface area contributed by atoms with Gasteiger partial charge in [-0.2, -0.15) is 0 Å². The molecule has 0 radical (unpaired) electrons. The molecule has 110 valence electrons. The molecule has 0 aliphatic carbocycles. The summed E-state index contributed by atoms with van der Waals surface area (Å²) in [5, 5.41) is 11.2. The molecule has 0 spiro atoms. The largest absolute Gasteiger partial charge is 0.481 e. The van der Waals surface area contributed by atoms with Crippen molar-refractivity contribution in [2.24, 2.45) is 5.92 Å². The van der Waals surface area contributed by atoms with Crippen LogP contribution in [0, 0.1) is 5.92 Å². The van der Waals surface area contributed by atoms with E-state index in [0.29, 0.717) is 5.92 Å². The molecule has 0 aliphatic heterocycles. The molecule has 1 aromatic rings. The predicted molar refractivity (Wildman–Crippen MR) is 78.7 cm³/mol. The Balaban J connectivity index is 2.55. The summed E-state index contributed by atoms with van der Waals surface area (Å²) < 4.78 is 0. The van der Waals surface area contributed by atoms with Crippen LogP contribution in [-0.4, -0.2) is 23.5 Å². The molecule has 1 atom stereocenters. The van der Waals surface area contributed by atoms with E-state index in [4.69, 9.17) is 5.11 Å². The number of nitrogens with one attached hydrogen (secondary N) is 1. The fraction of sp³-hybridized carbons (Fsp3) is 0.500. The highest BCUT2D eigenvalue weighted by Crippen LogP contribution is 2.17. The van der Waals surface area contributed by atoms with E-state index in [0.717, 1.165) is 12.0 Å². The van der Waals surface area contributed by atoms with Crippen LogP contribution in [0.15, 0.2) is 24.3 Å². The van der Waals surface area contributed by atoms with Crippen molar-refractivity contribution in [3.8, 4) is 0 Å². The minimum Gasteiger partial charge on any atom is -0.481 e. The van der Waals surface area contributed by atoms with Crippen molar-refractivity contribution in [2.75, 3.05) is 6.54 Å². The van der Waals surface area contributed by atoms with Crippen LogP contribution in [-0.2, 0) is 16.0 Å². The fourth-order valence-corrected chi connectivity index (χ4v) is 2.01. The Hall–Kier alpha value is -1.84. The van der Waals surface area contributed by atoms with Gasteiger partial charge in [-0.1, -0.05) is 38.1 Å². The van der Waals surface area contributed by atoms with Crippen LogP contribution >= 0.6 is 0 Å². The van der Waals surface area contributed by atoms with Crippen molar-refractivity contribution >= 4 is 11.9 Å². The van der Waals surface area contributed by atoms with E-state index in [1.165, 1.54) is 5.56 Å². The SMILES string of the molecule is CC(C)Cc1ccc([C@H](C)C(=O)NCCC(=O)O)cc1. The standard InChI is InChI=1S/C16H23NO3/c1-11(2)10-13-4-6-14(7-5-13)12(3)16(20)17-9-8-15(18)19/h4-7,11-12H,8-10H2,1-3H3,(H,17,20)(H,18,19)/t12-/m0/s1. The normalized spacial score (nSPS) is 12.2. The zero-order valence-corrected chi connectivity index (χ0v) is 12.3. The summed E-state index contributed by atoms with van der Waals surface area (Å²) in [4.78, 5) is 22.3. The van der Waals surface area contributed by atoms with Crippen molar-refractivity contribution in [1.29, 1.82) is 0 Å². The average molecular weight is 277 g/mol. The van der Waals surface area contributed by atoms with Crippen LogP contribution in [0.2, 0.25) is 0 Å². The van der Waals surface area contributed by atoms with Gasteiger partial charge in [0.05, 0.1) is 12.3 Å². The number of hydrogen-bond donors (Lipinski definition) is 2. The lowest BCUT2D eigenvalue weighted by Gasteiger charge is -2.13. The Morgan fingerprint density at radius 3 is 2.25 bits per heavy atom. The molecule has 2 N–H and O–H groups in total. The number of carbonyl (C=O) groups excluding carboxylic acids is 1. The molecule has 0 aliphatic rings. The number of benzene rings is 1. The fourth-order valence-electron chi connectivity index (χ4n) is 2.01. The lowest BCUT2D eigenvalue weighted by atomic mass is 9.96. The summed E-state index contributed by atoms with van der Waals surface area (Å²) >= 11 is 0. The average Bonchev–Trinajstić information content (AvgIpc) is 2.37. The Labute approximate surface area is 120 Å². The molecule has 4 heteroatoms. The molecular formula is C16H23NO3. The molecule has 0 fully saturated rings. The predicted octanol–water partition coefficient (Wildman–Crippen LogP) is 2.58. The minimum absolute atomic E-state index is 0.0498. The first-order chi connectivity index (χ1) is 9.40. The molecular weight excluding hydrogens is 254 g/mol. The molecule has 0 heterocycles. The summed E-state index contributed by atoms with van der Waals surface area (Å²) in [7, 11) is 0. The zero-order chi connectivity index (χ0) is 15.1. The van der Waals surface area contributed by atoms with Crippen LogP contribution < -0.4 is 5.32 Å². The van der Waals surface area contributed by atoms with Crippen LogP contribution in [0.1, 0.15) is 44.2 Å². The number of hydrogen-bond acceptors (Lipinski definition) is 2. The quantitative estimate of drug-likeness (QED) is 0.805. The maximum absolute atomic E-state index is 11.9. The first kappa shape index (κ1) is 16.2. The van der Waals surface area contributed by atoms with Gasteiger partial charge in [0.25, 0.3) is 0 Å². The Morgan fingerprint density at radius 2 is 1.75 bits per heavy atom. The van der Waals surface area contributed by atoms with Gasteiger partial charge in [-0.15, -0.1) is 0 Å². The van der Waals surface area contributed by atoms with Crippen molar-refractivity contribution in [1.82, 2.24) is 5.32 Å². The molecule has 0 saturated heterocycles. The van der Waals surface area contributed by atoms with E-state index < -0.39 is 5.97 Å². The number of rotatable bonds is 7. The minimum atomic E-state index is -0.906. The monoisotopic (exact) mass is 277 g/mol. The Morgan fingerprint density at radius 1 is 1.15 bits per heavy atom. The van der Waals surface area contributed by atoms with E-state index >= 15 is 0 Å². The zero-order valence-electron chi connectivity index (χ0n) is 12.3. The van der Waals surface area contributed by atoms with Gasteiger partial charge in [0.2, 0.25) is 5.91 Å². The number of carbonyl (C=O) groups is 2. The Kier molecular flexibility index (Phi) is 6.22. The second kappa shape index (κ2) is 7.68. The molecule has 20 heavy (non-hydrogen) atoms. The van der Waals surface area contributed by atoms with Crippen LogP contribution in [0.3, 0.4) is 0 Å². The van der Waals surface area contributed by atoms with Gasteiger partial charge in [-0.25, -0.2) is 0 Å². The maximum atomic E-state index is 11.9. The maximum Gasteiger partial charge on any atom is 0.305 e. The summed E-state index contributed by atoms with van der Waals surface area (Å²) in [5.41, 5.74) is 2.22. The molecule has 1 amide bonds. The molecule has 0 saturated carbocycles. The van der Waals surface area contributed by atoms with Crippen molar-refractivity contribution < 1.29 is 14.7 Å². The molecule has 0 bridgehead atoms. The van der Waals surface area contributed by atoms with E-state index in [-0.39, 0.29) is 24.8 Å². The van der Waals surface area contributed by atoms with Crippen LogP contribution in [0.5, 0.6) is 0 Å². The summed E-state index contributed by atoms with van der Waals surface area (Å²) in [6.45, 7) is 6.34. The first-order valence-corrected chi connectivity index (χ1v) is 6.98. The number of carboxylic acids is 1. The van der Waals surface area contributed by atoms with Gasteiger partial charge < -0.3 is 10.4 Å². The van der Waals surface area contributed by atoms with E-state index in [1.807, 2.05) is 19.1 Å². The third-order valence-electron chi connectivity index (χ3n) is 3.16. The van der Waals surface area contributed by atoms with Gasteiger partial charge >= 0.3 is 5.97 Å².